The van der Waals surface area contributed by atoms with Gasteiger partial charge < -0.3 is 5.73 Å². The number of nitrogens with zero attached hydrogens (tertiary/aromatic N) is 2. The zero-order valence-corrected chi connectivity index (χ0v) is 12.2. The van der Waals surface area contributed by atoms with Crippen LogP contribution in [0.25, 0.3) is 0 Å². The summed E-state index contributed by atoms with van der Waals surface area (Å²) < 4.78 is 54.2. The van der Waals surface area contributed by atoms with Crippen LogP contribution in [0.2, 0.25) is 0 Å². The molecule has 0 saturated carbocycles. The highest BCUT2D eigenvalue weighted by molar-refractivity contribution is 7.89. The first-order valence-electron chi connectivity index (χ1n) is 5.95. The van der Waals surface area contributed by atoms with Crippen molar-refractivity contribution in [3.63, 3.8) is 0 Å². The lowest BCUT2D eigenvalue weighted by Gasteiger charge is -2.08. The molecule has 0 radical (unpaired) electrons. The van der Waals surface area contributed by atoms with Crippen LogP contribution < -0.4 is 10.5 Å². The van der Waals surface area contributed by atoms with E-state index >= 15 is 0 Å². The molecule has 0 aliphatic carbocycles. The fourth-order valence-corrected chi connectivity index (χ4v) is 3.18. The van der Waals surface area contributed by atoms with Crippen LogP contribution in [-0.4, -0.2) is 18.2 Å². The molecule has 0 aliphatic rings. The molecule has 6 nitrogen and oxygen atoms in total. The first-order chi connectivity index (χ1) is 9.72. The van der Waals surface area contributed by atoms with Gasteiger partial charge >= 0.3 is 0 Å². The molecule has 2 aromatic rings. The van der Waals surface area contributed by atoms with Crippen molar-refractivity contribution in [1.82, 2.24) is 14.5 Å². The smallest absolute Gasteiger partial charge is 0.246 e. The Morgan fingerprint density at radius 1 is 1.38 bits per heavy atom. The summed E-state index contributed by atoms with van der Waals surface area (Å²) in [5.74, 6) is -1.69. The summed E-state index contributed by atoms with van der Waals surface area (Å²) in [7, 11) is -2.38. The molecule has 3 N–H and O–H groups in total. The number of sulfonamides is 1. The Hall–Kier alpha value is -2.00. The number of aromatic nitrogens is 2. The standard InChI is InChI=1S/C12H14F2N4O2S/c1-7-11(12(15)17-18(7)2)21(19,20)16-6-8-3-4-9(13)5-10(8)14/h3-5,16H,6H2,1-2H3,(H2,15,17). The molecule has 21 heavy (non-hydrogen) atoms. The largest absolute Gasteiger partial charge is 0.381 e. The van der Waals surface area contributed by atoms with Gasteiger partial charge in [0.1, 0.15) is 16.5 Å². The molecular formula is C12H14F2N4O2S. The summed E-state index contributed by atoms with van der Waals surface area (Å²) in [6.45, 7) is 1.23. The molecule has 1 aromatic heterocycles. The highest BCUT2D eigenvalue weighted by Gasteiger charge is 2.24. The van der Waals surface area contributed by atoms with Gasteiger partial charge in [0.15, 0.2) is 5.82 Å². The van der Waals surface area contributed by atoms with E-state index in [1.807, 2.05) is 0 Å². The number of benzene rings is 1. The first kappa shape index (κ1) is 15.4. The number of hydrogen-bond donors (Lipinski definition) is 2. The lowest BCUT2D eigenvalue weighted by atomic mass is 10.2. The zero-order valence-electron chi connectivity index (χ0n) is 11.4. The second-order valence-electron chi connectivity index (χ2n) is 4.48. The van der Waals surface area contributed by atoms with Gasteiger partial charge in [-0.2, -0.15) is 5.10 Å². The Morgan fingerprint density at radius 2 is 2.05 bits per heavy atom. The third kappa shape index (κ3) is 3.03. The Labute approximate surface area is 120 Å². The molecule has 1 aromatic carbocycles. The molecule has 9 heteroatoms. The molecule has 0 amide bonds. The summed E-state index contributed by atoms with van der Waals surface area (Å²) in [6, 6.07) is 2.91. The van der Waals surface area contributed by atoms with E-state index < -0.39 is 21.7 Å². The highest BCUT2D eigenvalue weighted by Crippen LogP contribution is 2.21. The van der Waals surface area contributed by atoms with Crippen LogP contribution in [0.3, 0.4) is 0 Å². The zero-order chi connectivity index (χ0) is 15.8. The number of anilines is 1. The maximum Gasteiger partial charge on any atom is 0.246 e. The Bertz CT molecular complexity index is 787. The van der Waals surface area contributed by atoms with Gasteiger partial charge in [-0.1, -0.05) is 6.07 Å². The average Bonchev–Trinajstić information content (AvgIpc) is 2.62. The number of rotatable bonds is 4. The lowest BCUT2D eigenvalue weighted by molar-refractivity contribution is 0.562. The summed E-state index contributed by atoms with van der Waals surface area (Å²) in [5, 5.41) is 3.81. The minimum Gasteiger partial charge on any atom is -0.381 e. The molecule has 1 heterocycles. The van der Waals surface area contributed by atoms with Crippen molar-refractivity contribution < 1.29 is 17.2 Å². The Kier molecular flexibility index (Phi) is 3.97. The van der Waals surface area contributed by atoms with Gasteiger partial charge in [0.2, 0.25) is 10.0 Å². The number of nitrogens with one attached hydrogen (secondary N) is 1. The Balaban J connectivity index is 2.26. The molecule has 114 valence electrons. The van der Waals surface area contributed by atoms with Crippen molar-refractivity contribution in [2.24, 2.45) is 7.05 Å². The fourth-order valence-electron chi connectivity index (χ4n) is 1.86. The van der Waals surface area contributed by atoms with Crippen molar-refractivity contribution in [2.75, 3.05) is 5.73 Å². The summed E-state index contributed by atoms with van der Waals surface area (Å²) in [6.07, 6.45) is 0. The highest BCUT2D eigenvalue weighted by atomic mass is 32.2. The van der Waals surface area contributed by atoms with Gasteiger partial charge in [0.25, 0.3) is 0 Å². The number of halogens is 2. The molecule has 0 unspecified atom stereocenters. The minimum atomic E-state index is -3.94. The molecule has 0 fully saturated rings. The summed E-state index contributed by atoms with van der Waals surface area (Å²) in [5.41, 5.74) is 5.96. The van der Waals surface area contributed by atoms with Crippen LogP contribution in [-0.2, 0) is 23.6 Å². The lowest BCUT2D eigenvalue weighted by Crippen LogP contribution is -2.25. The molecule has 2 rings (SSSR count). The number of hydrogen-bond acceptors (Lipinski definition) is 4. The quantitative estimate of drug-likeness (QED) is 0.883. The Morgan fingerprint density at radius 3 is 2.57 bits per heavy atom. The predicted octanol–water partition coefficient (Wildman–Crippen LogP) is 1.07. The molecule has 0 atom stereocenters. The van der Waals surface area contributed by atoms with Crippen molar-refractivity contribution in [1.29, 1.82) is 0 Å². The van der Waals surface area contributed by atoms with Crippen molar-refractivity contribution >= 4 is 15.8 Å². The normalized spacial score (nSPS) is 11.8. The maximum atomic E-state index is 13.5. The van der Waals surface area contributed by atoms with E-state index in [0.29, 0.717) is 11.8 Å². The van der Waals surface area contributed by atoms with E-state index in [2.05, 4.69) is 9.82 Å². The summed E-state index contributed by atoms with van der Waals surface area (Å²) in [4.78, 5) is -0.146. The van der Waals surface area contributed by atoms with Crippen LogP contribution >= 0.6 is 0 Å². The molecule has 0 bridgehead atoms. The maximum absolute atomic E-state index is 13.5. The molecule has 0 saturated heterocycles. The molecular weight excluding hydrogens is 302 g/mol. The fraction of sp³-hybridized carbons (Fsp3) is 0.250. The van der Waals surface area contributed by atoms with Crippen LogP contribution in [0.4, 0.5) is 14.6 Å². The third-order valence-electron chi connectivity index (χ3n) is 3.04. The number of nitrogen functional groups attached to an aromatic ring is 1. The van der Waals surface area contributed by atoms with E-state index in [1.165, 1.54) is 10.7 Å². The van der Waals surface area contributed by atoms with E-state index in [9.17, 15) is 17.2 Å². The molecule has 0 spiro atoms. The van der Waals surface area contributed by atoms with Gasteiger partial charge in [-0.05, 0) is 13.0 Å². The van der Waals surface area contributed by atoms with Gasteiger partial charge in [-0.3, -0.25) is 4.68 Å². The van der Waals surface area contributed by atoms with Crippen LogP contribution in [0.15, 0.2) is 23.1 Å². The number of nitrogens with two attached hydrogens (primary N) is 1. The SMILES string of the molecule is Cc1c(S(=O)(=O)NCc2ccc(F)cc2F)c(N)nn1C. The van der Waals surface area contributed by atoms with E-state index in [0.717, 1.165) is 6.07 Å². The first-order valence-corrected chi connectivity index (χ1v) is 7.43. The van der Waals surface area contributed by atoms with Gasteiger partial charge in [-0.25, -0.2) is 21.9 Å². The molecule has 0 aliphatic heterocycles. The van der Waals surface area contributed by atoms with Crippen molar-refractivity contribution in [3.8, 4) is 0 Å². The second-order valence-corrected chi connectivity index (χ2v) is 6.19. The van der Waals surface area contributed by atoms with Crippen molar-refractivity contribution in [2.45, 2.75) is 18.4 Å². The van der Waals surface area contributed by atoms with E-state index in [4.69, 9.17) is 5.73 Å². The number of aryl methyl sites for hydroxylation is 1. The second kappa shape index (κ2) is 5.41. The van der Waals surface area contributed by atoms with Crippen LogP contribution in [0.1, 0.15) is 11.3 Å². The van der Waals surface area contributed by atoms with Crippen LogP contribution in [0, 0.1) is 18.6 Å². The van der Waals surface area contributed by atoms with Gasteiger partial charge in [0.05, 0.1) is 5.69 Å². The topological polar surface area (TPSA) is 90.0 Å². The predicted molar refractivity (Wildman–Crippen MR) is 72.7 cm³/mol. The van der Waals surface area contributed by atoms with Gasteiger partial charge in [0, 0.05) is 25.2 Å². The summed E-state index contributed by atoms with van der Waals surface area (Å²) >= 11 is 0. The monoisotopic (exact) mass is 316 g/mol. The van der Waals surface area contributed by atoms with E-state index in [-0.39, 0.29) is 22.8 Å². The average molecular weight is 316 g/mol. The third-order valence-corrected chi connectivity index (χ3v) is 4.61. The van der Waals surface area contributed by atoms with Crippen LogP contribution in [0.5, 0.6) is 0 Å². The minimum absolute atomic E-state index is 0.0279. The van der Waals surface area contributed by atoms with Gasteiger partial charge in [-0.15, -0.1) is 0 Å². The van der Waals surface area contributed by atoms with Crippen molar-refractivity contribution in [3.05, 3.63) is 41.1 Å². The van der Waals surface area contributed by atoms with E-state index in [1.54, 1.807) is 14.0 Å².